The number of aliphatic hydroxyl groups is 1. The van der Waals surface area contributed by atoms with Crippen molar-refractivity contribution in [1.82, 2.24) is 14.6 Å². The van der Waals surface area contributed by atoms with Gasteiger partial charge in [0.15, 0.2) is 11.9 Å². The summed E-state index contributed by atoms with van der Waals surface area (Å²) in [6.45, 7) is 5.07. The van der Waals surface area contributed by atoms with Crippen LogP contribution in [-0.2, 0) is 23.4 Å². The fourth-order valence-corrected chi connectivity index (χ4v) is 4.97. The molecule has 14 heteroatoms. The third kappa shape index (κ3) is 6.48. The molecule has 0 bridgehead atoms. The summed E-state index contributed by atoms with van der Waals surface area (Å²) in [4.78, 5) is 37.7. The monoisotopic (exact) mass is 529 g/mol. The Bertz CT molecular complexity index is 1220. The number of nitrogens with one attached hydrogen (secondary N) is 2. The summed E-state index contributed by atoms with van der Waals surface area (Å²) >= 11 is 0. The molecular weight excluding hydrogens is 500 g/mol. The Balaban J connectivity index is 1.80. The van der Waals surface area contributed by atoms with Gasteiger partial charge in [0.25, 0.3) is 5.56 Å². The van der Waals surface area contributed by atoms with Gasteiger partial charge < -0.3 is 19.1 Å². The number of hydrogen-bond acceptors (Lipinski definition) is 9. The molecule has 1 aliphatic rings. The van der Waals surface area contributed by atoms with Crippen molar-refractivity contribution in [2.24, 2.45) is 0 Å². The molecule has 0 amide bonds. The van der Waals surface area contributed by atoms with E-state index in [2.05, 4.69) is 5.09 Å². The van der Waals surface area contributed by atoms with Crippen molar-refractivity contribution in [3.63, 3.8) is 0 Å². The Morgan fingerprint density at radius 1 is 1.28 bits per heavy atom. The van der Waals surface area contributed by atoms with E-state index in [1.54, 1.807) is 32.0 Å². The van der Waals surface area contributed by atoms with Gasteiger partial charge in [0.05, 0.1) is 12.7 Å². The first kappa shape index (κ1) is 27.8. The number of ether oxygens (including phenoxy) is 2. The molecule has 198 valence electrons. The van der Waals surface area contributed by atoms with E-state index in [1.807, 2.05) is 4.98 Å². The van der Waals surface area contributed by atoms with E-state index < -0.39 is 67.8 Å². The lowest BCUT2D eigenvalue weighted by Crippen LogP contribution is -2.43. The number of hydrogen-bond donors (Lipinski definition) is 3. The number of para-hydroxylation sites is 1. The van der Waals surface area contributed by atoms with Crippen molar-refractivity contribution in [3.8, 4) is 5.75 Å². The Morgan fingerprint density at radius 2 is 1.94 bits per heavy atom. The van der Waals surface area contributed by atoms with Gasteiger partial charge in [-0.1, -0.05) is 18.2 Å². The number of benzene rings is 1. The molecule has 0 spiro atoms. The fraction of sp³-hybridized carbons (Fsp3) is 0.500. The highest BCUT2D eigenvalue weighted by Gasteiger charge is 2.55. The average Bonchev–Trinajstić information content (AvgIpc) is 3.01. The van der Waals surface area contributed by atoms with Crippen LogP contribution in [-0.4, -0.2) is 57.3 Å². The van der Waals surface area contributed by atoms with Gasteiger partial charge in [-0.2, -0.15) is 5.09 Å². The van der Waals surface area contributed by atoms with E-state index >= 15 is 4.39 Å². The highest BCUT2D eigenvalue weighted by Crippen LogP contribution is 2.47. The number of rotatable bonds is 10. The Kier molecular flexibility index (Phi) is 8.52. The molecule has 1 saturated heterocycles. The summed E-state index contributed by atoms with van der Waals surface area (Å²) < 4.78 is 51.4. The second kappa shape index (κ2) is 11.1. The van der Waals surface area contributed by atoms with E-state index in [4.69, 9.17) is 18.5 Å². The van der Waals surface area contributed by atoms with Gasteiger partial charge in [0.1, 0.15) is 24.0 Å². The topological polar surface area (TPSA) is 158 Å². The highest BCUT2D eigenvalue weighted by molar-refractivity contribution is 7.52. The molecule has 0 radical (unpaired) electrons. The lowest BCUT2D eigenvalue weighted by atomic mass is 9.98. The molecule has 36 heavy (non-hydrogen) atoms. The smallest absolute Gasteiger partial charge is 0.459 e. The number of aliphatic hydroxyl groups excluding tert-OH is 1. The lowest BCUT2D eigenvalue weighted by molar-refractivity contribution is -0.149. The van der Waals surface area contributed by atoms with Crippen LogP contribution in [0.3, 0.4) is 0 Å². The van der Waals surface area contributed by atoms with E-state index in [1.165, 1.54) is 19.1 Å². The SMILES string of the molecule is CC(C)OC(=O)[C@H](C)N[P@](=O)(OC[C@H]1O[C@H](n2ccc(=O)[nH]c2=O)[C@](C)(F)[C@@H]1O)Oc1ccccc1. The quantitative estimate of drug-likeness (QED) is 0.305. The maximum absolute atomic E-state index is 15.4. The summed E-state index contributed by atoms with van der Waals surface area (Å²) in [6, 6.07) is 7.86. The van der Waals surface area contributed by atoms with Crippen molar-refractivity contribution in [2.75, 3.05) is 6.61 Å². The van der Waals surface area contributed by atoms with Crippen LogP contribution >= 0.6 is 7.75 Å². The van der Waals surface area contributed by atoms with Gasteiger partial charge in [0.2, 0.25) is 0 Å². The molecule has 3 N–H and O–H groups in total. The largest absolute Gasteiger partial charge is 0.462 e. The van der Waals surface area contributed by atoms with E-state index in [-0.39, 0.29) is 5.75 Å². The van der Waals surface area contributed by atoms with Crippen LogP contribution in [0.15, 0.2) is 52.2 Å². The first-order valence-electron chi connectivity index (χ1n) is 11.1. The number of H-pyrrole nitrogens is 1. The van der Waals surface area contributed by atoms with Crippen molar-refractivity contribution in [1.29, 1.82) is 0 Å². The maximum Gasteiger partial charge on any atom is 0.459 e. The Labute approximate surface area is 205 Å². The lowest BCUT2D eigenvalue weighted by Gasteiger charge is -2.25. The summed E-state index contributed by atoms with van der Waals surface area (Å²) in [6.07, 6.45) is -4.21. The molecular formula is C22H29FN3O9P. The normalized spacial score (nSPS) is 26.4. The van der Waals surface area contributed by atoms with Crippen LogP contribution in [0.25, 0.3) is 0 Å². The van der Waals surface area contributed by atoms with Crippen molar-refractivity contribution < 1.29 is 37.4 Å². The van der Waals surface area contributed by atoms with Crippen molar-refractivity contribution in [3.05, 3.63) is 63.4 Å². The third-order valence-electron chi connectivity index (χ3n) is 5.26. The molecule has 0 aliphatic carbocycles. The molecule has 1 aromatic heterocycles. The Hall–Kier alpha value is -2.83. The molecule has 6 atom stereocenters. The molecule has 1 fully saturated rings. The van der Waals surface area contributed by atoms with Crippen LogP contribution in [0.1, 0.15) is 33.9 Å². The maximum atomic E-state index is 15.4. The van der Waals surface area contributed by atoms with Crippen LogP contribution in [0.4, 0.5) is 4.39 Å². The second-order valence-corrected chi connectivity index (χ2v) is 10.4. The number of nitrogens with zero attached hydrogens (tertiary/aromatic N) is 1. The number of halogens is 1. The molecule has 12 nitrogen and oxygen atoms in total. The van der Waals surface area contributed by atoms with Gasteiger partial charge in [0, 0.05) is 12.3 Å². The zero-order valence-corrected chi connectivity index (χ0v) is 21.0. The number of esters is 1. The number of carbonyl (C=O) groups excluding carboxylic acids is 1. The average molecular weight is 529 g/mol. The van der Waals surface area contributed by atoms with Crippen LogP contribution in [0, 0.1) is 0 Å². The van der Waals surface area contributed by atoms with E-state index in [0.29, 0.717) is 0 Å². The number of aromatic amines is 1. The fourth-order valence-electron chi connectivity index (χ4n) is 3.47. The minimum absolute atomic E-state index is 0.152. The predicted molar refractivity (Wildman–Crippen MR) is 125 cm³/mol. The minimum atomic E-state index is -4.30. The highest BCUT2D eigenvalue weighted by atomic mass is 31.2. The summed E-state index contributed by atoms with van der Waals surface area (Å²) in [5, 5.41) is 13.0. The standard InChI is InChI=1S/C22H29FN3O9P/c1-13(2)33-19(29)14(3)25-36(31,35-15-8-6-5-7-9-15)32-12-16-18(28)22(4,23)20(34-16)26-11-10-17(27)24-21(26)30/h5-11,13-14,16,18,20,28H,12H2,1-4H3,(H,25,31)(H,24,27,30)/t14-,16+,18+,20-,22+,36-/m0/s1. The molecule has 1 aromatic carbocycles. The predicted octanol–water partition coefficient (Wildman–Crippen LogP) is 1.66. The van der Waals surface area contributed by atoms with E-state index in [9.17, 15) is 24.1 Å². The molecule has 2 heterocycles. The van der Waals surface area contributed by atoms with Crippen LogP contribution in [0.5, 0.6) is 5.75 Å². The first-order chi connectivity index (χ1) is 16.8. The Morgan fingerprint density at radius 3 is 2.56 bits per heavy atom. The van der Waals surface area contributed by atoms with Crippen LogP contribution < -0.4 is 20.9 Å². The molecule has 0 unspecified atom stereocenters. The van der Waals surface area contributed by atoms with Gasteiger partial charge in [-0.3, -0.25) is 23.7 Å². The van der Waals surface area contributed by atoms with E-state index in [0.717, 1.165) is 23.8 Å². The zero-order valence-electron chi connectivity index (χ0n) is 20.1. The van der Waals surface area contributed by atoms with Crippen molar-refractivity contribution >= 4 is 13.7 Å². The summed E-state index contributed by atoms with van der Waals surface area (Å²) in [5.41, 5.74) is -4.12. The molecule has 0 saturated carbocycles. The van der Waals surface area contributed by atoms with Gasteiger partial charge in [-0.25, -0.2) is 13.8 Å². The zero-order chi connectivity index (χ0) is 26.7. The molecule has 1 aliphatic heterocycles. The third-order valence-corrected chi connectivity index (χ3v) is 6.90. The number of aromatic nitrogens is 2. The second-order valence-electron chi connectivity index (χ2n) is 8.67. The first-order valence-corrected chi connectivity index (χ1v) is 12.7. The number of carbonyl (C=O) groups is 1. The van der Waals surface area contributed by atoms with Crippen molar-refractivity contribution in [2.45, 2.75) is 63.9 Å². The van der Waals surface area contributed by atoms with Crippen LogP contribution in [0.2, 0.25) is 0 Å². The van der Waals surface area contributed by atoms with Gasteiger partial charge >= 0.3 is 19.4 Å². The molecule has 3 rings (SSSR count). The summed E-state index contributed by atoms with van der Waals surface area (Å²) in [5.74, 6) is -0.560. The summed E-state index contributed by atoms with van der Waals surface area (Å²) in [7, 11) is -4.30. The van der Waals surface area contributed by atoms with Gasteiger partial charge in [-0.05, 0) is 39.8 Å². The van der Waals surface area contributed by atoms with Gasteiger partial charge in [-0.15, -0.1) is 0 Å². The molecule has 2 aromatic rings. The number of alkyl halides is 1. The minimum Gasteiger partial charge on any atom is -0.462 e.